The molecular formula is C23H30N2O. The smallest absolute Gasteiger partial charge is 0.133 e. The standard InChI is InChI=1S/C23H30N2O/c1-2-3-4-5-6-7-8-11-18-25-22-15-10-9-14-21(22)24-23(25)17-16-20-13-12-19-26-20/h9-10,12-17,19H,2-8,11,18H2,1H3/b17-16+. The fourth-order valence-electron chi connectivity index (χ4n) is 3.40. The Morgan fingerprint density at radius 3 is 2.42 bits per heavy atom. The van der Waals surface area contributed by atoms with Crippen LogP contribution in [0.15, 0.2) is 47.1 Å². The van der Waals surface area contributed by atoms with Gasteiger partial charge in [0.1, 0.15) is 11.6 Å². The van der Waals surface area contributed by atoms with Crippen molar-refractivity contribution in [2.24, 2.45) is 0 Å². The molecule has 138 valence electrons. The Bertz CT molecular complexity index is 799. The molecule has 0 amide bonds. The highest BCUT2D eigenvalue weighted by Crippen LogP contribution is 2.19. The van der Waals surface area contributed by atoms with Crippen LogP contribution in [0.1, 0.15) is 69.9 Å². The number of nitrogens with zero attached hydrogens (tertiary/aromatic N) is 2. The second-order valence-electron chi connectivity index (χ2n) is 6.93. The van der Waals surface area contributed by atoms with E-state index >= 15 is 0 Å². The van der Waals surface area contributed by atoms with Crippen molar-refractivity contribution >= 4 is 23.2 Å². The molecule has 0 fully saturated rings. The van der Waals surface area contributed by atoms with Crippen LogP contribution in [-0.2, 0) is 6.54 Å². The quantitative estimate of drug-likeness (QED) is 0.351. The summed E-state index contributed by atoms with van der Waals surface area (Å²) in [5.74, 6) is 1.86. The Balaban J connectivity index is 1.60. The molecule has 0 N–H and O–H groups in total. The van der Waals surface area contributed by atoms with Crippen LogP contribution >= 0.6 is 0 Å². The van der Waals surface area contributed by atoms with Crippen molar-refractivity contribution in [1.82, 2.24) is 9.55 Å². The summed E-state index contributed by atoms with van der Waals surface area (Å²) >= 11 is 0. The van der Waals surface area contributed by atoms with Gasteiger partial charge in [-0.1, -0.05) is 64.0 Å². The normalized spacial score (nSPS) is 11.7. The Morgan fingerprint density at radius 1 is 0.885 bits per heavy atom. The van der Waals surface area contributed by atoms with Gasteiger partial charge in [0.05, 0.1) is 17.3 Å². The van der Waals surface area contributed by atoms with Crippen molar-refractivity contribution in [2.75, 3.05) is 0 Å². The van der Waals surface area contributed by atoms with Crippen molar-refractivity contribution in [3.8, 4) is 0 Å². The summed E-state index contributed by atoms with van der Waals surface area (Å²) < 4.78 is 7.74. The summed E-state index contributed by atoms with van der Waals surface area (Å²) in [4.78, 5) is 4.80. The number of hydrogen-bond donors (Lipinski definition) is 0. The van der Waals surface area contributed by atoms with Crippen molar-refractivity contribution in [1.29, 1.82) is 0 Å². The molecule has 0 atom stereocenters. The largest absolute Gasteiger partial charge is 0.465 e. The molecule has 0 spiro atoms. The van der Waals surface area contributed by atoms with Crippen LogP contribution in [0, 0.1) is 0 Å². The highest BCUT2D eigenvalue weighted by molar-refractivity contribution is 5.79. The minimum absolute atomic E-state index is 0.857. The van der Waals surface area contributed by atoms with Crippen LogP contribution in [0.25, 0.3) is 23.2 Å². The zero-order valence-electron chi connectivity index (χ0n) is 15.9. The topological polar surface area (TPSA) is 31.0 Å². The molecule has 0 aliphatic heterocycles. The van der Waals surface area contributed by atoms with E-state index in [1.807, 2.05) is 18.2 Å². The predicted molar refractivity (Wildman–Crippen MR) is 110 cm³/mol. The molecule has 3 rings (SSSR count). The number of furan rings is 1. The second kappa shape index (κ2) is 10.0. The highest BCUT2D eigenvalue weighted by atomic mass is 16.3. The zero-order valence-corrected chi connectivity index (χ0v) is 15.9. The summed E-state index contributed by atoms with van der Waals surface area (Å²) in [7, 11) is 0. The number of aryl methyl sites for hydroxylation is 1. The third-order valence-electron chi connectivity index (χ3n) is 4.86. The third kappa shape index (κ3) is 5.10. The number of unbranched alkanes of at least 4 members (excludes halogenated alkanes) is 7. The first-order valence-electron chi connectivity index (χ1n) is 10.1. The van der Waals surface area contributed by atoms with Gasteiger partial charge in [-0.05, 0) is 42.8 Å². The van der Waals surface area contributed by atoms with Crippen LogP contribution in [0.4, 0.5) is 0 Å². The average molecular weight is 351 g/mol. The van der Waals surface area contributed by atoms with E-state index in [0.29, 0.717) is 0 Å². The number of rotatable bonds is 11. The molecule has 2 aromatic heterocycles. The zero-order chi connectivity index (χ0) is 18.0. The van der Waals surface area contributed by atoms with Crippen molar-refractivity contribution in [2.45, 2.75) is 64.8 Å². The van der Waals surface area contributed by atoms with Crippen molar-refractivity contribution in [3.05, 3.63) is 54.2 Å². The number of hydrogen-bond acceptors (Lipinski definition) is 2. The first-order chi connectivity index (χ1) is 12.9. The van der Waals surface area contributed by atoms with E-state index in [-0.39, 0.29) is 0 Å². The predicted octanol–water partition coefficient (Wildman–Crippen LogP) is 6.94. The number of imidazole rings is 1. The van der Waals surface area contributed by atoms with Gasteiger partial charge in [0, 0.05) is 6.54 Å². The van der Waals surface area contributed by atoms with E-state index < -0.39 is 0 Å². The number of aromatic nitrogens is 2. The summed E-state index contributed by atoms with van der Waals surface area (Å²) in [6, 6.07) is 12.3. The van der Waals surface area contributed by atoms with Crippen molar-refractivity contribution in [3.63, 3.8) is 0 Å². The van der Waals surface area contributed by atoms with E-state index in [4.69, 9.17) is 9.40 Å². The lowest BCUT2D eigenvalue weighted by Crippen LogP contribution is -2.00. The average Bonchev–Trinajstić information content (AvgIpc) is 3.30. The van der Waals surface area contributed by atoms with E-state index in [2.05, 4.69) is 41.8 Å². The van der Waals surface area contributed by atoms with Crippen LogP contribution in [0.3, 0.4) is 0 Å². The van der Waals surface area contributed by atoms with Gasteiger partial charge < -0.3 is 8.98 Å². The molecule has 0 aliphatic carbocycles. The van der Waals surface area contributed by atoms with Gasteiger partial charge in [-0.25, -0.2) is 4.98 Å². The van der Waals surface area contributed by atoms with Gasteiger partial charge in [0.2, 0.25) is 0 Å². The van der Waals surface area contributed by atoms with Crippen LogP contribution in [0.5, 0.6) is 0 Å². The lowest BCUT2D eigenvalue weighted by Gasteiger charge is -2.07. The summed E-state index contributed by atoms with van der Waals surface area (Å²) in [6.45, 7) is 3.29. The van der Waals surface area contributed by atoms with Gasteiger partial charge in [-0.2, -0.15) is 0 Å². The van der Waals surface area contributed by atoms with E-state index in [0.717, 1.165) is 23.6 Å². The Hall–Kier alpha value is -2.29. The summed E-state index contributed by atoms with van der Waals surface area (Å²) in [5, 5.41) is 0. The maximum atomic E-state index is 5.40. The SMILES string of the molecule is CCCCCCCCCCn1c(/C=C/c2ccco2)nc2ccccc21. The van der Waals surface area contributed by atoms with E-state index in [9.17, 15) is 0 Å². The Labute approximate surface area is 156 Å². The number of benzene rings is 1. The Morgan fingerprint density at radius 2 is 1.65 bits per heavy atom. The van der Waals surface area contributed by atoms with Crippen LogP contribution < -0.4 is 0 Å². The van der Waals surface area contributed by atoms with Gasteiger partial charge in [0.15, 0.2) is 0 Å². The fraction of sp³-hybridized carbons (Fsp3) is 0.435. The maximum Gasteiger partial charge on any atom is 0.133 e. The number of fused-ring (bicyclic) bond motifs is 1. The van der Waals surface area contributed by atoms with E-state index in [1.165, 1.54) is 56.9 Å². The lowest BCUT2D eigenvalue weighted by atomic mass is 10.1. The van der Waals surface area contributed by atoms with Crippen LogP contribution in [0.2, 0.25) is 0 Å². The molecule has 2 heterocycles. The molecule has 0 saturated carbocycles. The first-order valence-corrected chi connectivity index (χ1v) is 10.1. The third-order valence-corrected chi connectivity index (χ3v) is 4.86. The molecule has 0 unspecified atom stereocenters. The summed E-state index contributed by atoms with van der Waals surface area (Å²) in [5.41, 5.74) is 2.28. The maximum absolute atomic E-state index is 5.40. The minimum atomic E-state index is 0.857. The van der Waals surface area contributed by atoms with Gasteiger partial charge in [0.25, 0.3) is 0 Å². The molecule has 3 aromatic rings. The molecule has 3 nitrogen and oxygen atoms in total. The number of para-hydroxylation sites is 2. The molecule has 0 bridgehead atoms. The summed E-state index contributed by atoms with van der Waals surface area (Å²) in [6.07, 6.45) is 16.4. The highest BCUT2D eigenvalue weighted by Gasteiger charge is 2.08. The molecule has 26 heavy (non-hydrogen) atoms. The van der Waals surface area contributed by atoms with Crippen molar-refractivity contribution < 1.29 is 4.42 Å². The van der Waals surface area contributed by atoms with Gasteiger partial charge in [-0.15, -0.1) is 0 Å². The monoisotopic (exact) mass is 350 g/mol. The van der Waals surface area contributed by atoms with Gasteiger partial charge in [-0.3, -0.25) is 0 Å². The minimum Gasteiger partial charge on any atom is -0.465 e. The fourth-order valence-corrected chi connectivity index (χ4v) is 3.40. The van der Waals surface area contributed by atoms with Crippen LogP contribution in [-0.4, -0.2) is 9.55 Å². The first kappa shape index (κ1) is 18.5. The molecule has 3 heteroatoms. The Kier molecular flexibility index (Phi) is 7.12. The molecular weight excluding hydrogens is 320 g/mol. The van der Waals surface area contributed by atoms with Gasteiger partial charge >= 0.3 is 0 Å². The molecule has 1 aromatic carbocycles. The molecule has 0 saturated heterocycles. The molecule has 0 radical (unpaired) electrons. The second-order valence-corrected chi connectivity index (χ2v) is 6.93. The lowest BCUT2D eigenvalue weighted by molar-refractivity contribution is 0.547. The van der Waals surface area contributed by atoms with E-state index in [1.54, 1.807) is 6.26 Å². The molecule has 0 aliphatic rings.